The Morgan fingerprint density at radius 1 is 1.00 bits per heavy atom. The average molecular weight is 299 g/mol. The molecular weight excluding hydrogens is 278 g/mol. The van der Waals surface area contributed by atoms with E-state index in [1.54, 1.807) is 0 Å². The second-order valence-corrected chi connectivity index (χ2v) is 4.76. The van der Waals surface area contributed by atoms with Crippen molar-refractivity contribution < 1.29 is 14.3 Å². The first-order valence-corrected chi connectivity index (χ1v) is 7.45. The summed E-state index contributed by atoms with van der Waals surface area (Å²) in [6.45, 7) is 2.96. The van der Waals surface area contributed by atoms with Gasteiger partial charge < -0.3 is 14.8 Å². The summed E-state index contributed by atoms with van der Waals surface area (Å²) in [6, 6.07) is 17.3. The summed E-state index contributed by atoms with van der Waals surface area (Å²) in [4.78, 5) is 11.7. The second kappa shape index (κ2) is 8.72. The van der Waals surface area contributed by atoms with Crippen molar-refractivity contribution in [1.82, 2.24) is 5.32 Å². The van der Waals surface area contributed by atoms with Crippen LogP contribution in [-0.2, 0) is 11.2 Å². The molecule has 0 heterocycles. The van der Waals surface area contributed by atoms with E-state index in [2.05, 4.69) is 12.2 Å². The topological polar surface area (TPSA) is 47.6 Å². The summed E-state index contributed by atoms with van der Waals surface area (Å²) in [5, 5.41) is 2.77. The van der Waals surface area contributed by atoms with E-state index in [9.17, 15) is 4.79 Å². The highest BCUT2D eigenvalue weighted by atomic mass is 16.5. The van der Waals surface area contributed by atoms with E-state index in [0.717, 1.165) is 23.5 Å². The lowest BCUT2D eigenvalue weighted by molar-refractivity contribution is -0.123. The molecule has 2 aromatic rings. The number of hydrogen-bond donors (Lipinski definition) is 1. The molecule has 1 amide bonds. The first-order chi connectivity index (χ1) is 10.8. The van der Waals surface area contributed by atoms with Crippen molar-refractivity contribution >= 4 is 5.91 Å². The van der Waals surface area contributed by atoms with Crippen LogP contribution in [0.4, 0.5) is 0 Å². The van der Waals surface area contributed by atoms with Crippen LogP contribution in [0.25, 0.3) is 0 Å². The van der Waals surface area contributed by atoms with Gasteiger partial charge in [0.2, 0.25) is 0 Å². The molecule has 0 aromatic heterocycles. The van der Waals surface area contributed by atoms with Gasteiger partial charge in [-0.25, -0.2) is 0 Å². The van der Waals surface area contributed by atoms with Crippen LogP contribution < -0.4 is 14.8 Å². The molecule has 0 unspecified atom stereocenters. The Balaban J connectivity index is 1.66. The smallest absolute Gasteiger partial charge is 0.258 e. The largest absolute Gasteiger partial charge is 0.492 e. The van der Waals surface area contributed by atoms with Gasteiger partial charge in [-0.1, -0.05) is 43.3 Å². The zero-order chi connectivity index (χ0) is 15.6. The highest BCUT2D eigenvalue weighted by Crippen LogP contribution is 2.17. The van der Waals surface area contributed by atoms with Crippen LogP contribution in [0.3, 0.4) is 0 Å². The third-order valence-corrected chi connectivity index (χ3v) is 3.15. The molecule has 0 fully saturated rings. The molecule has 0 saturated heterocycles. The summed E-state index contributed by atoms with van der Waals surface area (Å²) in [5.41, 5.74) is 1.10. The quantitative estimate of drug-likeness (QED) is 0.763. The summed E-state index contributed by atoms with van der Waals surface area (Å²) >= 11 is 0. The summed E-state index contributed by atoms with van der Waals surface area (Å²) in [7, 11) is 0. The maximum absolute atomic E-state index is 11.7. The maximum Gasteiger partial charge on any atom is 0.258 e. The van der Waals surface area contributed by atoms with E-state index in [4.69, 9.17) is 9.47 Å². The van der Waals surface area contributed by atoms with Gasteiger partial charge in [-0.3, -0.25) is 4.79 Å². The highest BCUT2D eigenvalue weighted by Gasteiger charge is 2.05. The first kappa shape index (κ1) is 15.9. The number of carbonyl (C=O) groups is 1. The number of benzene rings is 2. The lowest BCUT2D eigenvalue weighted by Gasteiger charge is -2.11. The van der Waals surface area contributed by atoms with Gasteiger partial charge in [-0.15, -0.1) is 0 Å². The molecule has 4 nitrogen and oxygen atoms in total. The van der Waals surface area contributed by atoms with Crippen LogP contribution in [-0.4, -0.2) is 25.7 Å². The highest BCUT2D eigenvalue weighted by molar-refractivity contribution is 5.77. The van der Waals surface area contributed by atoms with Crippen molar-refractivity contribution in [2.75, 3.05) is 19.8 Å². The van der Waals surface area contributed by atoms with E-state index in [1.165, 1.54) is 0 Å². The van der Waals surface area contributed by atoms with Gasteiger partial charge >= 0.3 is 0 Å². The van der Waals surface area contributed by atoms with E-state index in [-0.39, 0.29) is 12.5 Å². The number of aryl methyl sites for hydroxylation is 1. The second-order valence-electron chi connectivity index (χ2n) is 4.76. The fourth-order valence-electron chi connectivity index (χ4n) is 2.01. The van der Waals surface area contributed by atoms with Gasteiger partial charge in [-0.05, 0) is 30.2 Å². The predicted octanol–water partition coefficient (Wildman–Crippen LogP) is 2.82. The molecule has 1 N–H and O–H groups in total. The number of para-hydroxylation sites is 2. The third-order valence-electron chi connectivity index (χ3n) is 3.15. The molecule has 0 aliphatic carbocycles. The molecule has 0 atom stereocenters. The van der Waals surface area contributed by atoms with Crippen LogP contribution in [0.1, 0.15) is 12.5 Å². The molecule has 4 heteroatoms. The average Bonchev–Trinajstić information content (AvgIpc) is 2.58. The number of nitrogens with one attached hydrogen (secondary N) is 1. The van der Waals surface area contributed by atoms with Gasteiger partial charge in [0, 0.05) is 0 Å². The van der Waals surface area contributed by atoms with Crippen molar-refractivity contribution in [3.63, 3.8) is 0 Å². The molecule has 2 rings (SSSR count). The Bertz CT molecular complexity index is 584. The van der Waals surface area contributed by atoms with Gasteiger partial charge in [0.05, 0.1) is 6.54 Å². The molecule has 0 aliphatic rings. The Morgan fingerprint density at radius 2 is 1.73 bits per heavy atom. The maximum atomic E-state index is 11.7. The van der Waals surface area contributed by atoms with Crippen LogP contribution in [0.2, 0.25) is 0 Å². The van der Waals surface area contributed by atoms with Crippen molar-refractivity contribution in [3.8, 4) is 11.5 Å². The minimum Gasteiger partial charge on any atom is -0.492 e. The Labute approximate surface area is 131 Å². The van der Waals surface area contributed by atoms with E-state index >= 15 is 0 Å². The number of rotatable bonds is 8. The van der Waals surface area contributed by atoms with Gasteiger partial charge in [0.25, 0.3) is 5.91 Å². The SMILES string of the molecule is CCc1ccccc1OCC(=O)NCCOc1ccccc1. The molecule has 0 aliphatic heterocycles. The predicted molar refractivity (Wildman–Crippen MR) is 86.3 cm³/mol. The van der Waals surface area contributed by atoms with Crippen molar-refractivity contribution in [2.24, 2.45) is 0 Å². The molecule has 0 bridgehead atoms. The molecule has 22 heavy (non-hydrogen) atoms. The molecular formula is C18H21NO3. The molecule has 2 aromatic carbocycles. The van der Waals surface area contributed by atoms with Crippen LogP contribution in [0.5, 0.6) is 11.5 Å². The lowest BCUT2D eigenvalue weighted by Crippen LogP contribution is -2.32. The fourth-order valence-corrected chi connectivity index (χ4v) is 2.01. The molecule has 0 saturated carbocycles. The Morgan fingerprint density at radius 3 is 2.50 bits per heavy atom. The third kappa shape index (κ3) is 5.13. The van der Waals surface area contributed by atoms with E-state index < -0.39 is 0 Å². The molecule has 116 valence electrons. The minimum atomic E-state index is -0.150. The normalized spacial score (nSPS) is 10.0. The summed E-state index contributed by atoms with van der Waals surface area (Å²) in [5.74, 6) is 1.41. The monoisotopic (exact) mass is 299 g/mol. The minimum absolute atomic E-state index is 0.0162. The van der Waals surface area contributed by atoms with Gasteiger partial charge in [-0.2, -0.15) is 0 Å². The zero-order valence-electron chi connectivity index (χ0n) is 12.7. The van der Waals surface area contributed by atoms with Crippen LogP contribution >= 0.6 is 0 Å². The van der Waals surface area contributed by atoms with Crippen molar-refractivity contribution in [3.05, 3.63) is 60.2 Å². The van der Waals surface area contributed by atoms with Gasteiger partial charge in [0.15, 0.2) is 6.61 Å². The fraction of sp³-hybridized carbons (Fsp3) is 0.278. The van der Waals surface area contributed by atoms with Crippen molar-refractivity contribution in [1.29, 1.82) is 0 Å². The number of amides is 1. The van der Waals surface area contributed by atoms with Crippen LogP contribution in [0, 0.1) is 0 Å². The molecule has 0 spiro atoms. The number of ether oxygens (including phenoxy) is 2. The van der Waals surface area contributed by atoms with E-state index in [1.807, 2.05) is 54.6 Å². The lowest BCUT2D eigenvalue weighted by atomic mass is 10.1. The standard InChI is InChI=1S/C18H21NO3/c1-2-15-8-6-7-11-17(15)22-14-18(20)19-12-13-21-16-9-4-3-5-10-16/h3-11H,2,12-14H2,1H3,(H,19,20). The number of hydrogen-bond acceptors (Lipinski definition) is 3. The Kier molecular flexibility index (Phi) is 6.30. The van der Waals surface area contributed by atoms with Crippen LogP contribution in [0.15, 0.2) is 54.6 Å². The molecule has 0 radical (unpaired) electrons. The van der Waals surface area contributed by atoms with Gasteiger partial charge in [0.1, 0.15) is 18.1 Å². The Hall–Kier alpha value is -2.49. The summed E-state index contributed by atoms with van der Waals surface area (Å²) < 4.78 is 11.1. The van der Waals surface area contributed by atoms with E-state index in [0.29, 0.717) is 13.2 Å². The zero-order valence-corrected chi connectivity index (χ0v) is 12.7. The summed E-state index contributed by atoms with van der Waals surface area (Å²) in [6.07, 6.45) is 0.878. The first-order valence-electron chi connectivity index (χ1n) is 7.45. The van der Waals surface area contributed by atoms with Crippen molar-refractivity contribution in [2.45, 2.75) is 13.3 Å². The number of carbonyl (C=O) groups excluding carboxylic acids is 1.